The van der Waals surface area contributed by atoms with Crippen molar-refractivity contribution in [2.24, 2.45) is 5.41 Å². The molecule has 13 rings (SSSR count). The quantitative estimate of drug-likeness (QED) is 0.114. The van der Waals surface area contributed by atoms with Crippen molar-refractivity contribution < 1.29 is 45.6 Å². The van der Waals surface area contributed by atoms with E-state index in [9.17, 15) is 8.78 Å². The van der Waals surface area contributed by atoms with Gasteiger partial charge in [-0.2, -0.15) is 0 Å². The second kappa shape index (κ2) is 27.7. The van der Waals surface area contributed by atoms with E-state index in [2.05, 4.69) is 135 Å². The number of aryl methyl sites for hydroxylation is 2. The van der Waals surface area contributed by atoms with Crippen molar-refractivity contribution in [3.63, 3.8) is 0 Å². The predicted molar refractivity (Wildman–Crippen MR) is 369 cm³/mol. The summed E-state index contributed by atoms with van der Waals surface area (Å²) in [5.74, 6) is 2.50. The zero-order valence-corrected chi connectivity index (χ0v) is 55.4. The normalized spacial score (nSPS) is 13.5. The molecular weight excluding hydrogens is 1300 g/mol. The first-order chi connectivity index (χ1) is 46.8. The zero-order valence-electron chi connectivity index (χ0n) is 62.0. The molecule has 0 atom stereocenters. The van der Waals surface area contributed by atoms with Crippen molar-refractivity contribution in [1.82, 2.24) is 24.1 Å². The average molecular weight is 1390 g/mol. The zero-order chi connectivity index (χ0) is 71.2. The van der Waals surface area contributed by atoms with Crippen LogP contribution in [-0.4, -0.2) is 24.1 Å². The summed E-state index contributed by atoms with van der Waals surface area (Å²) < 4.78 is 114. The molecular formula is C82H78F2IrN5O. The summed E-state index contributed by atoms with van der Waals surface area (Å²) >= 11 is 0. The number of furan rings is 1. The van der Waals surface area contributed by atoms with Gasteiger partial charge in [0, 0.05) is 58.0 Å². The van der Waals surface area contributed by atoms with Crippen LogP contribution in [0.15, 0.2) is 205 Å². The number of imidazole rings is 2. The van der Waals surface area contributed by atoms with Crippen LogP contribution in [0.5, 0.6) is 0 Å². The molecule has 0 amide bonds. The van der Waals surface area contributed by atoms with Gasteiger partial charge < -0.3 is 18.5 Å². The van der Waals surface area contributed by atoms with Crippen LogP contribution in [0.3, 0.4) is 0 Å². The molecule has 0 saturated heterocycles. The molecule has 9 heteroatoms. The average Bonchev–Trinajstić information content (AvgIpc) is 1.13. The molecule has 0 radical (unpaired) electrons. The van der Waals surface area contributed by atoms with Crippen LogP contribution >= 0.6 is 0 Å². The van der Waals surface area contributed by atoms with Crippen LogP contribution < -0.4 is 0 Å². The molecule has 4 heterocycles. The fraction of sp³-hybridized carbons (Fsp3) is 0.232. The molecule has 4 aromatic heterocycles. The molecule has 13 aromatic rings. The van der Waals surface area contributed by atoms with Gasteiger partial charge in [0.05, 0.1) is 29.6 Å². The fourth-order valence-corrected chi connectivity index (χ4v) is 11.5. The third-order valence-corrected chi connectivity index (χ3v) is 15.8. The molecule has 91 heavy (non-hydrogen) atoms. The molecule has 0 fully saturated rings. The Kier molecular flexibility index (Phi) is 16.4. The third-order valence-electron chi connectivity index (χ3n) is 15.8. The summed E-state index contributed by atoms with van der Waals surface area (Å²) in [5, 5.41) is 1.67. The van der Waals surface area contributed by atoms with E-state index in [4.69, 9.17) is 21.7 Å². The van der Waals surface area contributed by atoms with Gasteiger partial charge >= 0.3 is 20.1 Å². The molecule has 0 N–H and O–H groups in total. The summed E-state index contributed by atoms with van der Waals surface area (Å²) in [7, 11) is 0. The summed E-state index contributed by atoms with van der Waals surface area (Å²) in [4.78, 5) is 13.9. The van der Waals surface area contributed by atoms with Gasteiger partial charge in [0.25, 0.3) is 0 Å². The van der Waals surface area contributed by atoms with E-state index in [1.165, 1.54) is 82.3 Å². The number of aromatic nitrogens is 5. The minimum atomic E-state index is -2.79. The first-order valence-electron chi connectivity index (χ1n) is 35.1. The van der Waals surface area contributed by atoms with Crippen LogP contribution in [0, 0.1) is 49.0 Å². The first-order valence-corrected chi connectivity index (χ1v) is 30.6. The van der Waals surface area contributed by atoms with E-state index in [1.54, 1.807) is 45.2 Å². The van der Waals surface area contributed by atoms with Crippen LogP contribution in [0.2, 0.25) is 0 Å². The van der Waals surface area contributed by atoms with E-state index < -0.39 is 25.5 Å². The molecule has 6 nitrogen and oxygen atoms in total. The minimum absolute atomic E-state index is 0. The Morgan fingerprint density at radius 3 is 1.81 bits per heavy atom. The van der Waals surface area contributed by atoms with Crippen LogP contribution in [0.1, 0.15) is 151 Å². The van der Waals surface area contributed by atoms with Crippen molar-refractivity contribution in [3.8, 4) is 67.7 Å². The van der Waals surface area contributed by atoms with Crippen molar-refractivity contribution in [1.29, 1.82) is 0 Å². The summed E-state index contributed by atoms with van der Waals surface area (Å²) in [5.41, 5.74) is 13.3. The van der Waals surface area contributed by atoms with Gasteiger partial charge in [0.15, 0.2) is 0 Å². The molecule has 460 valence electrons. The molecule has 0 spiro atoms. The number of benzene rings is 9. The standard InChI is InChI=1S/C36H32NO.C25H24FN2.C21H22FN2.Ir/c1-23-18-25(21-36(3,4)5)14-16-28(23)32-20-33(37-22-24(32)2)31-13-9-12-30-29-17-15-27(19-34(29)38-35(30)31)26-10-7-6-8-11-26;1-16(2)20-8-7-9-21(17(3)4)24(20)28-23-11-6-5-10-22(23)27-25(28)18-12-14-19(26)15-13-18;1-14(2)18-6-5-7-19(15(3)4)20(18)24-13-12-23-21(24)16-8-10-17(22)11-9-16;/h6-12,14-20,22H,21H2,1-5H3;5-12,14-17H,1-4H3;5-8,10-15H,1-4H3;/q3*-1;+3/i1D3,2D3,16D,21D2;;;. The predicted octanol–water partition coefficient (Wildman–Crippen LogP) is 22.6. The Morgan fingerprint density at radius 1 is 0.593 bits per heavy atom. The molecule has 0 aliphatic carbocycles. The van der Waals surface area contributed by atoms with Gasteiger partial charge in [-0.15, -0.1) is 77.9 Å². The number of hydrogen-bond donors (Lipinski definition) is 0. The fourth-order valence-electron chi connectivity index (χ4n) is 11.5. The molecule has 0 unspecified atom stereocenters. The van der Waals surface area contributed by atoms with Crippen molar-refractivity contribution in [2.45, 2.75) is 120 Å². The molecule has 0 aliphatic rings. The number of rotatable bonds is 12. The maximum atomic E-state index is 13.5. The van der Waals surface area contributed by atoms with Gasteiger partial charge in [0.2, 0.25) is 0 Å². The first kappa shape index (κ1) is 53.9. The van der Waals surface area contributed by atoms with E-state index in [0.29, 0.717) is 40.4 Å². The van der Waals surface area contributed by atoms with Gasteiger partial charge in [-0.1, -0.05) is 202 Å². The maximum absolute atomic E-state index is 13.5. The molecule has 0 bridgehead atoms. The topological polar surface area (TPSA) is 61.7 Å². The van der Waals surface area contributed by atoms with Gasteiger partial charge in [-0.05, 0) is 134 Å². The Morgan fingerprint density at radius 2 is 1.21 bits per heavy atom. The molecule has 0 aliphatic heterocycles. The van der Waals surface area contributed by atoms with Crippen LogP contribution in [-0.2, 0) is 26.5 Å². The number of nitrogens with zero attached hydrogens (tertiary/aromatic N) is 5. The van der Waals surface area contributed by atoms with Gasteiger partial charge in [-0.25, -0.2) is 0 Å². The van der Waals surface area contributed by atoms with Gasteiger partial charge in [0.1, 0.15) is 5.58 Å². The van der Waals surface area contributed by atoms with Crippen molar-refractivity contribution in [2.75, 3.05) is 0 Å². The summed E-state index contributed by atoms with van der Waals surface area (Å²) in [6.07, 6.45) is 2.96. The maximum Gasteiger partial charge on any atom is 3.00 e. The van der Waals surface area contributed by atoms with E-state index >= 15 is 0 Å². The minimum Gasteiger partial charge on any atom is -0.501 e. The van der Waals surface area contributed by atoms with Crippen LogP contribution in [0.25, 0.3) is 101 Å². The number of fused-ring (bicyclic) bond motifs is 4. The Labute approximate surface area is 562 Å². The third kappa shape index (κ3) is 14.0. The Balaban J connectivity index is 0.000000174. The van der Waals surface area contributed by atoms with Crippen molar-refractivity contribution in [3.05, 3.63) is 269 Å². The van der Waals surface area contributed by atoms with Crippen LogP contribution in [0.4, 0.5) is 8.78 Å². The Bertz CT molecular complexity index is 5010. The SMILES string of the molecule is CC(C)c1cccc(C(C)C)c1-n1c(-c2[c-]cc(F)cc2)nc2ccccc21.CC(C)c1cccc(C(C)C)c1-n1ccnc1-c1[c-]cc(F)cc1.[2H]c1cc(C([2H])([2H])C(C)(C)C)cc(C([2H])([2H])[2H])c1-c1cc(-c2[c-]ccc3c2oc2cc(-c4ccccc4)ccc23)ncc1C([2H])([2H])[2H].[Ir+3]. The summed E-state index contributed by atoms with van der Waals surface area (Å²) in [6.45, 7) is 17.2. The largest absolute Gasteiger partial charge is 3.00 e. The number of hydrogen-bond acceptors (Lipinski definition) is 4. The molecule has 9 aromatic carbocycles. The van der Waals surface area contributed by atoms with E-state index in [0.717, 1.165) is 55.7 Å². The summed E-state index contributed by atoms with van der Waals surface area (Å²) in [6, 6.07) is 62.6. The second-order valence-corrected chi connectivity index (χ2v) is 24.9. The van der Waals surface area contributed by atoms with E-state index in [-0.39, 0.29) is 71.3 Å². The van der Waals surface area contributed by atoms with Crippen molar-refractivity contribution >= 4 is 33.0 Å². The second-order valence-electron chi connectivity index (χ2n) is 24.9. The monoisotopic (exact) mass is 1390 g/mol. The van der Waals surface area contributed by atoms with Gasteiger partial charge in [-0.3, -0.25) is 18.7 Å². The number of para-hydroxylation sites is 4. The number of pyridine rings is 1. The van der Waals surface area contributed by atoms with E-state index in [1.807, 2.05) is 79.0 Å². The Hall–Kier alpha value is -8.88. The number of halogens is 2. The molecule has 0 saturated carbocycles. The smallest absolute Gasteiger partial charge is 0.501 e.